The van der Waals surface area contributed by atoms with Gasteiger partial charge in [0.15, 0.2) is 5.82 Å². The van der Waals surface area contributed by atoms with Crippen LogP contribution in [0.2, 0.25) is 0 Å². The predicted molar refractivity (Wildman–Crippen MR) is 85.3 cm³/mol. The van der Waals surface area contributed by atoms with E-state index >= 15 is 0 Å². The lowest BCUT2D eigenvalue weighted by Crippen LogP contribution is -2.23. The van der Waals surface area contributed by atoms with Crippen LogP contribution in [-0.2, 0) is 0 Å². The minimum atomic E-state index is -0.344. The van der Waals surface area contributed by atoms with E-state index in [-0.39, 0.29) is 11.9 Å². The number of nitrogens with zero attached hydrogens (tertiary/aromatic N) is 1. The van der Waals surface area contributed by atoms with Crippen LogP contribution >= 0.6 is 0 Å². The number of ether oxygens (including phenoxy) is 1. The van der Waals surface area contributed by atoms with Crippen molar-refractivity contribution in [1.29, 1.82) is 0 Å². The Morgan fingerprint density at radius 3 is 2.59 bits per heavy atom. The lowest BCUT2D eigenvalue weighted by atomic mass is 9.86. The number of aromatic amines is 1. The summed E-state index contributed by atoms with van der Waals surface area (Å²) in [7, 11) is 1.57. The van der Waals surface area contributed by atoms with Gasteiger partial charge < -0.3 is 15.5 Å². The van der Waals surface area contributed by atoms with Gasteiger partial charge >= 0.3 is 0 Å². The SMILES string of the molecule is COc1ccc(F)c2nc(C(N)C3CCCCCCC3)[nH]c12. The van der Waals surface area contributed by atoms with E-state index in [4.69, 9.17) is 10.5 Å². The summed E-state index contributed by atoms with van der Waals surface area (Å²) in [4.78, 5) is 7.60. The van der Waals surface area contributed by atoms with E-state index in [2.05, 4.69) is 9.97 Å². The minimum Gasteiger partial charge on any atom is -0.494 e. The molecule has 3 rings (SSSR count). The Morgan fingerprint density at radius 1 is 1.23 bits per heavy atom. The molecular weight excluding hydrogens is 281 g/mol. The molecule has 0 spiro atoms. The molecule has 0 aliphatic heterocycles. The first kappa shape index (κ1) is 15.3. The Balaban J connectivity index is 1.90. The Labute approximate surface area is 130 Å². The molecule has 0 radical (unpaired) electrons. The van der Waals surface area contributed by atoms with Gasteiger partial charge in [0.2, 0.25) is 0 Å². The van der Waals surface area contributed by atoms with E-state index in [1.165, 1.54) is 38.2 Å². The van der Waals surface area contributed by atoms with E-state index in [0.29, 0.717) is 28.5 Å². The summed E-state index contributed by atoms with van der Waals surface area (Å²) in [6.07, 6.45) is 8.58. The molecule has 1 atom stereocenters. The number of nitrogens with two attached hydrogens (primary N) is 1. The van der Waals surface area contributed by atoms with Crippen molar-refractivity contribution in [2.24, 2.45) is 11.7 Å². The van der Waals surface area contributed by atoms with Crippen LogP contribution in [0.5, 0.6) is 5.75 Å². The van der Waals surface area contributed by atoms with Gasteiger partial charge in [-0.1, -0.05) is 32.1 Å². The van der Waals surface area contributed by atoms with Gasteiger partial charge in [-0.25, -0.2) is 9.37 Å². The van der Waals surface area contributed by atoms with Crippen molar-refractivity contribution in [3.8, 4) is 5.75 Å². The fourth-order valence-corrected chi connectivity index (χ4v) is 3.45. The molecule has 1 unspecified atom stereocenters. The van der Waals surface area contributed by atoms with Gasteiger partial charge in [0.1, 0.15) is 22.6 Å². The molecule has 1 aromatic heterocycles. The topological polar surface area (TPSA) is 63.9 Å². The van der Waals surface area contributed by atoms with Gasteiger partial charge in [0.25, 0.3) is 0 Å². The molecule has 0 amide bonds. The third-order valence-electron chi connectivity index (χ3n) is 4.77. The molecule has 4 nitrogen and oxygen atoms in total. The average molecular weight is 305 g/mol. The molecular formula is C17H24FN3O. The molecule has 1 fully saturated rings. The first-order chi connectivity index (χ1) is 10.7. The van der Waals surface area contributed by atoms with Crippen molar-refractivity contribution in [3.63, 3.8) is 0 Å². The Hall–Kier alpha value is -1.62. The number of benzene rings is 1. The number of imidazole rings is 1. The van der Waals surface area contributed by atoms with Crippen molar-refractivity contribution in [3.05, 3.63) is 23.8 Å². The maximum Gasteiger partial charge on any atom is 0.151 e. The maximum absolute atomic E-state index is 14.0. The highest BCUT2D eigenvalue weighted by atomic mass is 19.1. The summed E-state index contributed by atoms with van der Waals surface area (Å²) in [5, 5.41) is 0. The normalized spacial score (nSPS) is 18.9. The van der Waals surface area contributed by atoms with Crippen molar-refractivity contribution >= 4 is 11.0 Å². The molecule has 1 aliphatic carbocycles. The molecule has 1 aromatic carbocycles. The molecule has 3 N–H and O–H groups in total. The number of hydrogen-bond acceptors (Lipinski definition) is 3. The van der Waals surface area contributed by atoms with Gasteiger partial charge in [-0.05, 0) is 30.9 Å². The van der Waals surface area contributed by atoms with Crippen molar-refractivity contribution in [2.75, 3.05) is 7.11 Å². The second kappa shape index (κ2) is 6.65. The quantitative estimate of drug-likeness (QED) is 0.898. The summed E-state index contributed by atoms with van der Waals surface area (Å²) < 4.78 is 19.2. The second-order valence-electron chi connectivity index (χ2n) is 6.23. The van der Waals surface area contributed by atoms with Gasteiger partial charge in [-0.15, -0.1) is 0 Å². The van der Waals surface area contributed by atoms with Crippen molar-refractivity contribution in [1.82, 2.24) is 9.97 Å². The summed E-state index contributed by atoms with van der Waals surface area (Å²) >= 11 is 0. The molecule has 22 heavy (non-hydrogen) atoms. The molecule has 1 saturated carbocycles. The van der Waals surface area contributed by atoms with Crippen LogP contribution in [-0.4, -0.2) is 17.1 Å². The Morgan fingerprint density at radius 2 is 1.91 bits per heavy atom. The van der Waals surface area contributed by atoms with Crippen LogP contribution in [0.15, 0.2) is 12.1 Å². The van der Waals surface area contributed by atoms with E-state index < -0.39 is 0 Å². The van der Waals surface area contributed by atoms with E-state index in [9.17, 15) is 4.39 Å². The highest BCUT2D eigenvalue weighted by Crippen LogP contribution is 2.33. The average Bonchev–Trinajstić information content (AvgIpc) is 2.93. The number of methoxy groups -OCH3 is 1. The molecule has 0 bridgehead atoms. The van der Waals surface area contributed by atoms with Gasteiger partial charge in [-0.2, -0.15) is 0 Å². The molecule has 120 valence electrons. The highest BCUT2D eigenvalue weighted by molar-refractivity contribution is 5.82. The van der Waals surface area contributed by atoms with E-state index in [1.807, 2.05) is 0 Å². The number of halogens is 1. The predicted octanol–water partition coefficient (Wildman–Crippen LogP) is 4.07. The zero-order valence-corrected chi connectivity index (χ0v) is 13.1. The fourth-order valence-electron chi connectivity index (χ4n) is 3.45. The number of H-pyrrole nitrogens is 1. The summed E-state index contributed by atoms with van der Waals surface area (Å²) in [5.74, 6) is 1.34. The number of nitrogens with one attached hydrogen (secondary N) is 1. The number of fused-ring (bicyclic) bond motifs is 1. The maximum atomic E-state index is 14.0. The zero-order chi connectivity index (χ0) is 15.5. The second-order valence-corrected chi connectivity index (χ2v) is 6.23. The monoisotopic (exact) mass is 305 g/mol. The van der Waals surface area contributed by atoms with Crippen LogP contribution in [0.25, 0.3) is 11.0 Å². The largest absolute Gasteiger partial charge is 0.494 e. The third-order valence-corrected chi connectivity index (χ3v) is 4.77. The van der Waals surface area contributed by atoms with Crippen molar-refractivity contribution in [2.45, 2.75) is 51.0 Å². The third kappa shape index (κ3) is 2.95. The first-order valence-corrected chi connectivity index (χ1v) is 8.18. The summed E-state index contributed by atoms with van der Waals surface area (Å²) in [5.41, 5.74) is 7.35. The standard InChI is InChI=1S/C17H24FN3O/c1-22-13-10-9-12(18)15-16(13)21-17(20-15)14(19)11-7-5-3-2-4-6-8-11/h9-11,14H,2-8,19H2,1H3,(H,20,21). The molecule has 5 heteroatoms. The number of hydrogen-bond donors (Lipinski definition) is 2. The number of aromatic nitrogens is 2. The lowest BCUT2D eigenvalue weighted by Gasteiger charge is -2.24. The van der Waals surface area contributed by atoms with Crippen LogP contribution in [0.3, 0.4) is 0 Å². The van der Waals surface area contributed by atoms with Crippen LogP contribution in [0.1, 0.15) is 56.8 Å². The van der Waals surface area contributed by atoms with Crippen molar-refractivity contribution < 1.29 is 9.13 Å². The highest BCUT2D eigenvalue weighted by Gasteiger charge is 2.24. The minimum absolute atomic E-state index is 0.172. The molecule has 2 aromatic rings. The molecule has 1 aliphatic rings. The van der Waals surface area contributed by atoms with Crippen LogP contribution in [0, 0.1) is 11.7 Å². The van der Waals surface area contributed by atoms with Gasteiger partial charge in [0.05, 0.1) is 13.2 Å². The van der Waals surface area contributed by atoms with Crippen LogP contribution < -0.4 is 10.5 Å². The van der Waals surface area contributed by atoms with Gasteiger partial charge in [0, 0.05) is 0 Å². The molecule has 1 heterocycles. The van der Waals surface area contributed by atoms with Gasteiger partial charge in [-0.3, -0.25) is 0 Å². The fraction of sp³-hybridized carbons (Fsp3) is 0.588. The first-order valence-electron chi connectivity index (χ1n) is 8.18. The Bertz CT molecular complexity index is 632. The van der Waals surface area contributed by atoms with E-state index in [1.54, 1.807) is 13.2 Å². The summed E-state index contributed by atoms with van der Waals surface area (Å²) in [6.45, 7) is 0. The van der Waals surface area contributed by atoms with Crippen LogP contribution in [0.4, 0.5) is 4.39 Å². The Kier molecular flexibility index (Phi) is 4.62. The zero-order valence-electron chi connectivity index (χ0n) is 13.1. The molecule has 0 saturated heterocycles. The summed E-state index contributed by atoms with van der Waals surface area (Å²) in [6, 6.07) is 2.82. The van der Waals surface area contributed by atoms with E-state index in [0.717, 1.165) is 12.8 Å². The lowest BCUT2D eigenvalue weighted by molar-refractivity contribution is 0.321. The smallest absolute Gasteiger partial charge is 0.151 e. The number of rotatable bonds is 3.